The van der Waals surface area contributed by atoms with Crippen LogP contribution < -0.4 is 10.1 Å². The van der Waals surface area contributed by atoms with Crippen LogP contribution in [0.15, 0.2) is 42.5 Å². The number of nitrogens with zero attached hydrogens (tertiary/aromatic N) is 2. The highest BCUT2D eigenvalue weighted by Gasteiger charge is 2.39. The number of ether oxygens (including phenoxy) is 2. The number of amides is 1. The topological polar surface area (TPSA) is 76.3 Å². The van der Waals surface area contributed by atoms with Crippen LogP contribution in [0.5, 0.6) is 5.75 Å². The molecule has 1 aliphatic carbocycles. The van der Waals surface area contributed by atoms with E-state index in [-0.39, 0.29) is 11.7 Å². The fraction of sp³-hybridized carbons (Fsp3) is 0.360. The Balaban J connectivity index is 1.68. The average Bonchev–Trinajstić information content (AvgIpc) is 3.06. The lowest BCUT2D eigenvalue weighted by Crippen LogP contribution is -2.32. The molecule has 0 saturated heterocycles. The number of anilines is 1. The Labute approximate surface area is 194 Å². The van der Waals surface area contributed by atoms with Crippen molar-refractivity contribution < 1.29 is 27.4 Å². The molecule has 4 rings (SSSR count). The normalized spacial score (nSPS) is 14.8. The van der Waals surface area contributed by atoms with Gasteiger partial charge in [0.1, 0.15) is 11.8 Å². The third kappa shape index (κ3) is 4.53. The lowest BCUT2D eigenvalue weighted by Gasteiger charge is -2.30. The van der Waals surface area contributed by atoms with Crippen LogP contribution in [-0.2, 0) is 4.74 Å². The van der Waals surface area contributed by atoms with Crippen molar-refractivity contribution in [3.8, 4) is 23.1 Å². The number of benzene rings is 2. The van der Waals surface area contributed by atoms with E-state index in [2.05, 4.69) is 20.7 Å². The van der Waals surface area contributed by atoms with E-state index in [1.54, 1.807) is 24.3 Å². The van der Waals surface area contributed by atoms with Crippen molar-refractivity contribution in [2.45, 2.75) is 51.4 Å². The Hall–Kier alpha value is -3.67. The van der Waals surface area contributed by atoms with Crippen molar-refractivity contribution >= 4 is 22.7 Å². The third-order valence-electron chi connectivity index (χ3n) is 5.99. The Morgan fingerprint density at radius 1 is 1.24 bits per heavy atom. The molecule has 0 spiro atoms. The number of nitrogens with one attached hydrogen (secondary N) is 1. The molecule has 0 aliphatic heterocycles. The van der Waals surface area contributed by atoms with E-state index in [9.17, 15) is 23.2 Å². The molecule has 178 valence electrons. The summed E-state index contributed by atoms with van der Waals surface area (Å²) < 4.78 is 50.1. The zero-order valence-corrected chi connectivity index (χ0v) is 18.8. The molecule has 34 heavy (non-hydrogen) atoms. The molecule has 2 aromatic carbocycles. The summed E-state index contributed by atoms with van der Waals surface area (Å²) in [6, 6.07) is 14.9. The van der Waals surface area contributed by atoms with Crippen LogP contribution in [0.2, 0.25) is 0 Å². The molecule has 0 unspecified atom stereocenters. The van der Waals surface area contributed by atoms with Gasteiger partial charge in [-0.05, 0) is 62.9 Å². The predicted octanol–water partition coefficient (Wildman–Crippen LogP) is 6.80. The smallest absolute Gasteiger partial charge is 0.425 e. The number of hydrogen-bond acceptors (Lipinski definition) is 4. The molecule has 1 N–H and O–H groups in total. The molecule has 1 aromatic heterocycles. The maximum atomic E-state index is 12.6. The van der Waals surface area contributed by atoms with Gasteiger partial charge in [0.05, 0.1) is 23.4 Å². The number of rotatable bonds is 6. The van der Waals surface area contributed by atoms with Crippen LogP contribution in [0.25, 0.3) is 22.2 Å². The number of aromatic nitrogens is 1. The van der Waals surface area contributed by atoms with E-state index < -0.39 is 18.4 Å². The average molecular weight is 471 g/mol. The number of fused-ring (bicyclic) bond motifs is 1. The molecule has 1 saturated carbocycles. The van der Waals surface area contributed by atoms with Crippen molar-refractivity contribution in [3.63, 3.8) is 0 Å². The molecule has 0 radical (unpaired) electrons. The van der Waals surface area contributed by atoms with Gasteiger partial charge in [0.25, 0.3) is 0 Å². The van der Waals surface area contributed by atoms with E-state index in [0.717, 1.165) is 54.1 Å². The van der Waals surface area contributed by atoms with Gasteiger partial charge in [0.15, 0.2) is 6.10 Å². The van der Waals surface area contributed by atoms with Gasteiger partial charge in [-0.25, -0.2) is 4.79 Å². The molecular weight excluding hydrogens is 447 g/mol. The quantitative estimate of drug-likeness (QED) is 0.429. The number of alkyl halides is 3. The van der Waals surface area contributed by atoms with Gasteiger partial charge in [-0.3, -0.25) is 5.32 Å². The van der Waals surface area contributed by atoms with Gasteiger partial charge in [-0.2, -0.15) is 18.4 Å². The molecule has 1 amide bonds. The van der Waals surface area contributed by atoms with Crippen LogP contribution in [0, 0.1) is 11.3 Å². The minimum absolute atomic E-state index is 0.258. The van der Waals surface area contributed by atoms with Gasteiger partial charge < -0.3 is 14.0 Å². The van der Waals surface area contributed by atoms with Crippen LogP contribution in [0.3, 0.4) is 0 Å². The van der Waals surface area contributed by atoms with Crippen LogP contribution in [-0.4, -0.2) is 29.5 Å². The van der Waals surface area contributed by atoms with Gasteiger partial charge in [-0.1, -0.05) is 12.1 Å². The van der Waals surface area contributed by atoms with E-state index in [0.29, 0.717) is 12.2 Å². The van der Waals surface area contributed by atoms with Gasteiger partial charge in [-0.15, -0.1) is 0 Å². The molecule has 1 heterocycles. The summed E-state index contributed by atoms with van der Waals surface area (Å²) in [4.78, 5) is 11.8. The zero-order chi connectivity index (χ0) is 24.5. The van der Waals surface area contributed by atoms with Gasteiger partial charge >= 0.3 is 12.3 Å². The molecule has 1 fully saturated rings. The fourth-order valence-corrected chi connectivity index (χ4v) is 4.05. The van der Waals surface area contributed by atoms with Gasteiger partial charge in [0, 0.05) is 23.2 Å². The first-order chi connectivity index (χ1) is 16.2. The summed E-state index contributed by atoms with van der Waals surface area (Å²) in [7, 11) is 0. The van der Waals surface area contributed by atoms with Crippen LogP contribution in [0.4, 0.5) is 23.7 Å². The summed E-state index contributed by atoms with van der Waals surface area (Å²) >= 11 is 0. The molecule has 3 aromatic rings. The predicted molar refractivity (Wildman–Crippen MR) is 122 cm³/mol. The van der Waals surface area contributed by atoms with Gasteiger partial charge in [0.2, 0.25) is 0 Å². The van der Waals surface area contributed by atoms with E-state index in [1.807, 2.05) is 25.1 Å². The van der Waals surface area contributed by atoms with Crippen molar-refractivity contribution in [1.29, 1.82) is 5.26 Å². The molecule has 9 heteroatoms. The Bertz CT molecular complexity index is 1240. The Kier molecular flexibility index (Phi) is 6.42. The lowest BCUT2D eigenvalue weighted by atomic mass is 9.92. The first-order valence-electron chi connectivity index (χ1n) is 11.1. The minimum Gasteiger partial charge on any atom is -0.494 e. The van der Waals surface area contributed by atoms with Crippen LogP contribution in [0.1, 0.15) is 44.7 Å². The molecular formula is C25H24F3N3O3. The highest BCUT2D eigenvalue weighted by atomic mass is 19.4. The number of hydrogen-bond donors (Lipinski definition) is 1. The Morgan fingerprint density at radius 2 is 1.94 bits per heavy atom. The molecule has 6 nitrogen and oxygen atoms in total. The van der Waals surface area contributed by atoms with E-state index in [1.165, 1.54) is 0 Å². The number of nitriles is 1. The number of carbonyl (C=O) groups is 1. The standard InChI is InChI=1S/C25H24F3N3O3/c1-3-33-19-11-12-20-21(14-29)23(31(22(20)13-19)18-5-4-6-18)16-7-9-17(10-8-16)30-24(32)34-15(2)25(26,27)28/h7-13,15,18H,3-6H2,1-2H3,(H,30,32)/t15-/m1/s1. The minimum atomic E-state index is -4.63. The van der Waals surface area contributed by atoms with E-state index in [4.69, 9.17) is 4.74 Å². The first-order valence-corrected chi connectivity index (χ1v) is 11.1. The SMILES string of the molecule is CCOc1ccc2c(C#N)c(-c3ccc(NC(=O)O[C@H](C)C(F)(F)F)cc3)n(C3CCC3)c2c1. The zero-order valence-electron chi connectivity index (χ0n) is 18.8. The largest absolute Gasteiger partial charge is 0.494 e. The summed E-state index contributed by atoms with van der Waals surface area (Å²) in [5.41, 5.74) is 3.29. The summed E-state index contributed by atoms with van der Waals surface area (Å²) in [6.45, 7) is 3.21. The highest BCUT2D eigenvalue weighted by molar-refractivity contribution is 5.96. The second-order valence-electron chi connectivity index (χ2n) is 8.19. The first kappa shape index (κ1) is 23.5. The van der Waals surface area contributed by atoms with Crippen molar-refractivity contribution in [3.05, 3.63) is 48.0 Å². The third-order valence-corrected chi connectivity index (χ3v) is 5.99. The monoisotopic (exact) mass is 471 g/mol. The molecule has 1 aliphatic rings. The second kappa shape index (κ2) is 9.29. The highest BCUT2D eigenvalue weighted by Crippen LogP contribution is 2.43. The number of carbonyl (C=O) groups excluding carboxylic acids is 1. The summed E-state index contributed by atoms with van der Waals surface area (Å²) in [6.07, 6.45) is -4.93. The maximum Gasteiger partial charge on any atom is 0.425 e. The fourth-order valence-electron chi connectivity index (χ4n) is 4.05. The van der Waals surface area contributed by atoms with Crippen molar-refractivity contribution in [1.82, 2.24) is 4.57 Å². The molecule has 0 bridgehead atoms. The van der Waals surface area contributed by atoms with Crippen molar-refractivity contribution in [2.75, 3.05) is 11.9 Å². The van der Waals surface area contributed by atoms with E-state index >= 15 is 0 Å². The van der Waals surface area contributed by atoms with Crippen LogP contribution >= 0.6 is 0 Å². The Morgan fingerprint density at radius 3 is 2.50 bits per heavy atom. The van der Waals surface area contributed by atoms with Crippen molar-refractivity contribution in [2.24, 2.45) is 0 Å². The molecule has 1 atom stereocenters. The summed E-state index contributed by atoms with van der Waals surface area (Å²) in [5.74, 6) is 0.732. The lowest BCUT2D eigenvalue weighted by molar-refractivity contribution is -0.196. The second-order valence-corrected chi connectivity index (χ2v) is 8.19. The summed E-state index contributed by atoms with van der Waals surface area (Å²) in [5, 5.41) is 13.1. The maximum absolute atomic E-state index is 12.6. The number of halogens is 3.